The summed E-state index contributed by atoms with van der Waals surface area (Å²) in [4.78, 5) is 4.55. The third-order valence-corrected chi connectivity index (χ3v) is 4.51. The fourth-order valence-electron chi connectivity index (χ4n) is 3.47. The van der Waals surface area contributed by atoms with Crippen LogP contribution in [0.4, 0.5) is 0 Å². The van der Waals surface area contributed by atoms with Crippen molar-refractivity contribution in [1.82, 2.24) is 15.5 Å². The minimum atomic E-state index is 0.0587. The third-order valence-electron chi connectivity index (χ3n) is 4.51. The molecule has 1 aliphatic heterocycles. The van der Waals surface area contributed by atoms with Crippen LogP contribution in [0, 0.1) is 5.92 Å². The van der Waals surface area contributed by atoms with E-state index in [1.54, 1.807) is 0 Å². The molecule has 2 fully saturated rings. The first-order chi connectivity index (χ1) is 9.86. The van der Waals surface area contributed by atoms with Crippen molar-refractivity contribution >= 4 is 0 Å². The van der Waals surface area contributed by atoms with Gasteiger partial charge in [-0.3, -0.25) is 0 Å². The number of hydrogen-bond acceptors (Lipinski definition) is 5. The first-order valence-electron chi connectivity index (χ1n) is 8.04. The van der Waals surface area contributed by atoms with E-state index in [0.717, 1.165) is 44.1 Å². The molecular formula is C15H25N3O2. The highest BCUT2D eigenvalue weighted by molar-refractivity contribution is 4.95. The standard InChI is InChI=1S/C15H25N3O2/c1-2-16-12-7-4-3-6-11(12)10-14-17-15(18-20-14)13-8-5-9-19-13/h11-13,16H,2-10H2,1H3. The first kappa shape index (κ1) is 14.0. The third kappa shape index (κ3) is 3.20. The highest BCUT2D eigenvalue weighted by Crippen LogP contribution is 2.29. The van der Waals surface area contributed by atoms with Crippen LogP contribution >= 0.6 is 0 Å². The zero-order valence-electron chi connectivity index (χ0n) is 12.3. The molecule has 1 N–H and O–H groups in total. The van der Waals surface area contributed by atoms with E-state index in [1.165, 1.54) is 25.7 Å². The first-order valence-corrected chi connectivity index (χ1v) is 8.04. The summed E-state index contributed by atoms with van der Waals surface area (Å²) < 4.78 is 11.0. The molecule has 5 nitrogen and oxygen atoms in total. The second-order valence-corrected chi connectivity index (χ2v) is 5.96. The highest BCUT2D eigenvalue weighted by Gasteiger charge is 2.28. The molecule has 1 aliphatic carbocycles. The van der Waals surface area contributed by atoms with Gasteiger partial charge < -0.3 is 14.6 Å². The Bertz CT molecular complexity index is 413. The minimum Gasteiger partial charge on any atom is -0.370 e. The molecule has 1 aromatic heterocycles. The van der Waals surface area contributed by atoms with Gasteiger partial charge in [0, 0.05) is 19.1 Å². The fraction of sp³-hybridized carbons (Fsp3) is 0.867. The van der Waals surface area contributed by atoms with Crippen molar-refractivity contribution < 1.29 is 9.26 Å². The molecular weight excluding hydrogens is 254 g/mol. The van der Waals surface area contributed by atoms with Crippen molar-refractivity contribution in [3.63, 3.8) is 0 Å². The van der Waals surface area contributed by atoms with Gasteiger partial charge in [-0.1, -0.05) is 24.9 Å². The number of nitrogens with one attached hydrogen (secondary N) is 1. The normalized spacial score (nSPS) is 30.8. The van der Waals surface area contributed by atoms with Crippen LogP contribution < -0.4 is 5.32 Å². The Morgan fingerprint density at radius 2 is 2.10 bits per heavy atom. The van der Waals surface area contributed by atoms with Crippen LogP contribution in [-0.4, -0.2) is 29.3 Å². The molecule has 0 spiro atoms. The smallest absolute Gasteiger partial charge is 0.227 e. The van der Waals surface area contributed by atoms with Gasteiger partial charge in [0.1, 0.15) is 6.10 Å². The van der Waals surface area contributed by atoms with E-state index in [9.17, 15) is 0 Å². The molecule has 0 bridgehead atoms. The molecule has 0 amide bonds. The van der Waals surface area contributed by atoms with Crippen LogP contribution in [0.2, 0.25) is 0 Å². The molecule has 0 aromatic carbocycles. The van der Waals surface area contributed by atoms with E-state index in [4.69, 9.17) is 9.26 Å². The lowest BCUT2D eigenvalue weighted by atomic mass is 9.82. The number of aromatic nitrogens is 2. The van der Waals surface area contributed by atoms with E-state index in [0.29, 0.717) is 12.0 Å². The van der Waals surface area contributed by atoms with Crippen molar-refractivity contribution in [2.45, 2.75) is 64.0 Å². The molecule has 112 valence electrons. The van der Waals surface area contributed by atoms with Crippen molar-refractivity contribution in [2.24, 2.45) is 5.92 Å². The fourth-order valence-corrected chi connectivity index (χ4v) is 3.47. The van der Waals surface area contributed by atoms with Gasteiger partial charge in [0.15, 0.2) is 0 Å². The lowest BCUT2D eigenvalue weighted by molar-refractivity contribution is 0.103. The summed E-state index contributed by atoms with van der Waals surface area (Å²) in [7, 11) is 0. The summed E-state index contributed by atoms with van der Waals surface area (Å²) in [5.74, 6) is 2.15. The molecule has 1 aromatic rings. The molecule has 2 aliphatic rings. The topological polar surface area (TPSA) is 60.2 Å². The van der Waals surface area contributed by atoms with E-state index >= 15 is 0 Å². The Balaban J connectivity index is 1.61. The summed E-state index contributed by atoms with van der Waals surface area (Å²) >= 11 is 0. The maximum Gasteiger partial charge on any atom is 0.227 e. The lowest BCUT2D eigenvalue weighted by Crippen LogP contribution is -2.39. The Hall–Kier alpha value is -0.940. The van der Waals surface area contributed by atoms with Crippen LogP contribution in [0.5, 0.6) is 0 Å². The van der Waals surface area contributed by atoms with Crippen molar-refractivity contribution in [2.75, 3.05) is 13.2 Å². The Morgan fingerprint density at radius 1 is 1.20 bits per heavy atom. The molecule has 1 saturated heterocycles. The van der Waals surface area contributed by atoms with Gasteiger partial charge in [-0.25, -0.2) is 0 Å². The quantitative estimate of drug-likeness (QED) is 0.898. The van der Waals surface area contributed by atoms with Gasteiger partial charge in [-0.2, -0.15) is 4.98 Å². The predicted molar refractivity (Wildman–Crippen MR) is 75.4 cm³/mol. The molecule has 0 radical (unpaired) electrons. The average molecular weight is 279 g/mol. The summed E-state index contributed by atoms with van der Waals surface area (Å²) in [6.07, 6.45) is 8.25. The van der Waals surface area contributed by atoms with Gasteiger partial charge >= 0.3 is 0 Å². The summed E-state index contributed by atoms with van der Waals surface area (Å²) in [6, 6.07) is 0.604. The molecule has 3 unspecified atom stereocenters. The van der Waals surface area contributed by atoms with E-state index in [-0.39, 0.29) is 6.10 Å². The summed E-state index contributed by atoms with van der Waals surface area (Å²) in [5.41, 5.74) is 0. The minimum absolute atomic E-state index is 0.0587. The average Bonchev–Trinajstić information content (AvgIpc) is 3.12. The Morgan fingerprint density at radius 3 is 2.90 bits per heavy atom. The van der Waals surface area contributed by atoms with Crippen LogP contribution in [0.25, 0.3) is 0 Å². The van der Waals surface area contributed by atoms with Gasteiger partial charge in [-0.15, -0.1) is 0 Å². The van der Waals surface area contributed by atoms with Crippen LogP contribution in [0.3, 0.4) is 0 Å². The van der Waals surface area contributed by atoms with Crippen molar-refractivity contribution in [3.05, 3.63) is 11.7 Å². The Kier molecular flexibility index (Phi) is 4.68. The van der Waals surface area contributed by atoms with Crippen LogP contribution in [0.15, 0.2) is 4.52 Å². The largest absolute Gasteiger partial charge is 0.370 e. The molecule has 20 heavy (non-hydrogen) atoms. The monoisotopic (exact) mass is 279 g/mol. The number of ether oxygens (including phenoxy) is 1. The predicted octanol–water partition coefficient (Wildman–Crippen LogP) is 2.63. The van der Waals surface area contributed by atoms with E-state index < -0.39 is 0 Å². The molecule has 2 heterocycles. The van der Waals surface area contributed by atoms with Gasteiger partial charge in [0.05, 0.1) is 0 Å². The molecule has 5 heteroatoms. The second kappa shape index (κ2) is 6.68. The number of rotatable bonds is 5. The molecule has 3 atom stereocenters. The van der Waals surface area contributed by atoms with Crippen LogP contribution in [-0.2, 0) is 11.2 Å². The lowest BCUT2D eigenvalue weighted by Gasteiger charge is -2.31. The maximum atomic E-state index is 5.60. The van der Waals surface area contributed by atoms with Crippen molar-refractivity contribution in [1.29, 1.82) is 0 Å². The zero-order valence-corrected chi connectivity index (χ0v) is 12.3. The van der Waals surface area contributed by atoms with E-state index in [2.05, 4.69) is 22.4 Å². The van der Waals surface area contributed by atoms with E-state index in [1.807, 2.05) is 0 Å². The highest BCUT2D eigenvalue weighted by atomic mass is 16.5. The Labute approximate surface area is 120 Å². The number of hydrogen-bond donors (Lipinski definition) is 1. The molecule has 3 rings (SSSR count). The van der Waals surface area contributed by atoms with Crippen molar-refractivity contribution in [3.8, 4) is 0 Å². The maximum absolute atomic E-state index is 5.60. The summed E-state index contributed by atoms with van der Waals surface area (Å²) in [5, 5.41) is 7.71. The van der Waals surface area contributed by atoms with Crippen LogP contribution in [0.1, 0.15) is 63.3 Å². The SMILES string of the molecule is CCNC1CCCCC1Cc1nc(C2CCCO2)no1. The van der Waals surface area contributed by atoms with Gasteiger partial charge in [0.2, 0.25) is 11.7 Å². The second-order valence-electron chi connectivity index (χ2n) is 5.96. The molecule has 1 saturated carbocycles. The zero-order chi connectivity index (χ0) is 13.8. The van der Waals surface area contributed by atoms with Gasteiger partial charge in [-0.05, 0) is 38.1 Å². The summed E-state index contributed by atoms with van der Waals surface area (Å²) in [6.45, 7) is 4.03. The van der Waals surface area contributed by atoms with Gasteiger partial charge in [0.25, 0.3) is 0 Å². The number of nitrogens with zero attached hydrogens (tertiary/aromatic N) is 2.